The molecule has 10 aromatic carbocycles. The zero-order valence-electron chi connectivity index (χ0n) is 36.0. The van der Waals surface area contributed by atoms with Gasteiger partial charge in [0, 0.05) is 69.2 Å². The van der Waals surface area contributed by atoms with Crippen LogP contribution in [0, 0.1) is 0 Å². The lowest BCUT2D eigenvalue weighted by atomic mass is 9.95. The van der Waals surface area contributed by atoms with E-state index in [2.05, 4.69) is 199 Å². The van der Waals surface area contributed by atoms with E-state index in [0.29, 0.717) is 17.5 Å². The second-order valence-corrected chi connectivity index (χ2v) is 18.9. The molecule has 312 valence electrons. The van der Waals surface area contributed by atoms with Crippen molar-refractivity contribution in [1.82, 2.24) is 19.5 Å². The van der Waals surface area contributed by atoms with Crippen LogP contribution in [0.4, 0.5) is 0 Å². The van der Waals surface area contributed by atoms with Gasteiger partial charge in [-0.1, -0.05) is 146 Å². The summed E-state index contributed by atoms with van der Waals surface area (Å²) in [6, 6.07) is 65.9. The van der Waals surface area contributed by atoms with Crippen molar-refractivity contribution in [1.29, 1.82) is 0 Å². The van der Waals surface area contributed by atoms with Crippen molar-refractivity contribution in [3.63, 3.8) is 0 Å². The van der Waals surface area contributed by atoms with E-state index in [0.717, 1.165) is 79.0 Å². The van der Waals surface area contributed by atoms with E-state index in [1.807, 2.05) is 0 Å². The van der Waals surface area contributed by atoms with Gasteiger partial charge >= 0.3 is 0 Å². The number of hydrogen-bond donors (Lipinski definition) is 0. The van der Waals surface area contributed by atoms with E-state index in [9.17, 15) is 0 Å². The quantitative estimate of drug-likeness (QED) is 0.177. The third-order valence-corrected chi connectivity index (χ3v) is 15.2. The summed E-state index contributed by atoms with van der Waals surface area (Å²) in [5, 5.41) is 13.9. The number of fused-ring (bicyclic) bond motifs is 15. The smallest absolute Gasteiger partial charge is 0.166 e. The van der Waals surface area contributed by atoms with Crippen molar-refractivity contribution in [2.45, 2.75) is 12.8 Å². The molecule has 0 radical (unpaired) electrons. The number of allylic oxidation sites excluding steroid dienone is 1. The second kappa shape index (κ2) is 14.0. The van der Waals surface area contributed by atoms with Crippen LogP contribution in [0.5, 0.6) is 0 Å². The summed E-state index contributed by atoms with van der Waals surface area (Å²) in [4.78, 5) is 16.4. The average molecular weight is 873 g/mol. The van der Waals surface area contributed by atoms with Crippen LogP contribution in [-0.2, 0) is 6.42 Å². The molecule has 5 nitrogen and oxygen atoms in total. The summed E-state index contributed by atoms with van der Waals surface area (Å²) < 4.78 is 11.9. The van der Waals surface area contributed by atoms with Crippen LogP contribution in [0.2, 0.25) is 0 Å². The molecule has 0 spiro atoms. The normalized spacial score (nSPS) is 12.9. The fraction of sp³-hybridized carbons (Fsp3) is 0.0328. The van der Waals surface area contributed by atoms with Gasteiger partial charge in [-0.2, -0.15) is 0 Å². The molecule has 14 aromatic rings. The largest absolute Gasteiger partial charge is 0.455 e. The Labute approximate surface area is 387 Å². The van der Waals surface area contributed by atoms with Crippen molar-refractivity contribution in [2.75, 3.05) is 0 Å². The van der Waals surface area contributed by atoms with Crippen LogP contribution in [0.1, 0.15) is 17.5 Å². The Morgan fingerprint density at radius 2 is 1.12 bits per heavy atom. The molecule has 4 heterocycles. The Kier molecular flexibility index (Phi) is 7.71. The van der Waals surface area contributed by atoms with Crippen LogP contribution >= 0.6 is 11.3 Å². The molecule has 4 aromatic heterocycles. The zero-order chi connectivity index (χ0) is 43.7. The Morgan fingerprint density at radius 1 is 0.463 bits per heavy atom. The Balaban J connectivity index is 1.08. The molecule has 0 amide bonds. The third kappa shape index (κ3) is 5.57. The first-order valence-corrected chi connectivity index (χ1v) is 23.7. The van der Waals surface area contributed by atoms with Crippen LogP contribution < -0.4 is 0 Å². The number of nitrogens with zero attached hydrogens (tertiary/aromatic N) is 4. The summed E-state index contributed by atoms with van der Waals surface area (Å²) in [5.74, 6) is 1.81. The molecule has 67 heavy (non-hydrogen) atoms. The van der Waals surface area contributed by atoms with Crippen LogP contribution in [0.25, 0.3) is 142 Å². The molecular formula is C61H36N4OS. The molecule has 0 fully saturated rings. The van der Waals surface area contributed by atoms with Crippen molar-refractivity contribution in [3.8, 4) is 39.9 Å². The van der Waals surface area contributed by atoms with Crippen molar-refractivity contribution in [3.05, 3.63) is 199 Å². The minimum Gasteiger partial charge on any atom is -0.455 e. The number of aromatic nitrogens is 4. The van der Waals surface area contributed by atoms with Gasteiger partial charge < -0.3 is 8.98 Å². The SMILES string of the molecule is C1=Cc2cc(-c3nc(-c4ccc5c(c4)sc4ccccc45)nc(-c4cc5oc6c7ccccc7ccc6c5cc4-n4c5cc6ccccc6cc5c5ccc6ccccc6c54)n3)ccc2CC1. The van der Waals surface area contributed by atoms with Crippen molar-refractivity contribution >= 4 is 114 Å². The highest BCUT2D eigenvalue weighted by atomic mass is 32.1. The summed E-state index contributed by atoms with van der Waals surface area (Å²) in [5.41, 5.74) is 10.1. The Bertz CT molecular complexity index is 4470. The molecule has 0 bridgehead atoms. The maximum Gasteiger partial charge on any atom is 0.166 e. The standard InChI is InChI=1S/C61H36N4OS/c1-2-14-38-29-41(22-21-35(38)11-1)59-62-60(42-25-26-46-45-19-9-10-20-55(45)67-56(46)32-42)64-61(63-59)51-34-54-50(48-28-24-37-13-6-8-18-44(37)58(48)66-54)33-53(51)65-52-31-40-16-4-3-15-39(40)30-49(52)47-27-23-36-12-5-7-17-43(36)57(47)65/h2-10,12-34H,1,11H2. The first-order valence-electron chi connectivity index (χ1n) is 22.9. The number of thiophene rings is 1. The average Bonchev–Trinajstić information content (AvgIpc) is 4.06. The van der Waals surface area contributed by atoms with Gasteiger partial charge in [0.05, 0.1) is 16.7 Å². The minimum absolute atomic E-state index is 0.572. The van der Waals surface area contributed by atoms with E-state index in [1.165, 1.54) is 63.6 Å². The highest BCUT2D eigenvalue weighted by Crippen LogP contribution is 2.45. The third-order valence-electron chi connectivity index (χ3n) is 14.0. The van der Waals surface area contributed by atoms with Gasteiger partial charge in [0.2, 0.25) is 0 Å². The molecule has 0 atom stereocenters. The van der Waals surface area contributed by atoms with Crippen LogP contribution in [0.3, 0.4) is 0 Å². The van der Waals surface area contributed by atoms with Gasteiger partial charge in [-0.25, -0.2) is 15.0 Å². The maximum absolute atomic E-state index is 6.99. The van der Waals surface area contributed by atoms with E-state index in [4.69, 9.17) is 19.4 Å². The summed E-state index contributed by atoms with van der Waals surface area (Å²) in [6.07, 6.45) is 6.55. The second-order valence-electron chi connectivity index (χ2n) is 17.8. The van der Waals surface area contributed by atoms with Crippen molar-refractivity contribution < 1.29 is 4.42 Å². The predicted molar refractivity (Wildman–Crippen MR) is 281 cm³/mol. The first kappa shape index (κ1) is 36.8. The molecule has 15 rings (SSSR count). The van der Waals surface area contributed by atoms with Crippen LogP contribution in [0.15, 0.2) is 192 Å². The number of furan rings is 1. The number of aryl methyl sites for hydroxylation is 1. The van der Waals surface area contributed by atoms with E-state index >= 15 is 0 Å². The first-order chi connectivity index (χ1) is 33.2. The van der Waals surface area contributed by atoms with E-state index < -0.39 is 0 Å². The highest BCUT2D eigenvalue weighted by molar-refractivity contribution is 7.25. The molecule has 0 saturated carbocycles. The fourth-order valence-electron chi connectivity index (χ4n) is 10.8. The lowest BCUT2D eigenvalue weighted by molar-refractivity contribution is 0.672. The lowest BCUT2D eigenvalue weighted by Crippen LogP contribution is -2.04. The highest BCUT2D eigenvalue weighted by Gasteiger charge is 2.25. The molecular weight excluding hydrogens is 837 g/mol. The number of benzene rings is 10. The lowest BCUT2D eigenvalue weighted by Gasteiger charge is -2.16. The molecule has 0 saturated heterocycles. The van der Waals surface area contributed by atoms with Crippen LogP contribution in [-0.4, -0.2) is 19.5 Å². The van der Waals surface area contributed by atoms with Gasteiger partial charge in [-0.3, -0.25) is 0 Å². The van der Waals surface area contributed by atoms with Gasteiger partial charge in [0.1, 0.15) is 11.2 Å². The van der Waals surface area contributed by atoms with Gasteiger partial charge in [0.25, 0.3) is 0 Å². The van der Waals surface area contributed by atoms with E-state index in [-0.39, 0.29) is 0 Å². The zero-order valence-corrected chi connectivity index (χ0v) is 36.8. The summed E-state index contributed by atoms with van der Waals surface area (Å²) >= 11 is 1.80. The molecule has 0 aliphatic heterocycles. The summed E-state index contributed by atoms with van der Waals surface area (Å²) in [6.45, 7) is 0. The molecule has 1 aliphatic rings. The van der Waals surface area contributed by atoms with Crippen molar-refractivity contribution in [2.24, 2.45) is 0 Å². The molecule has 1 aliphatic carbocycles. The predicted octanol–water partition coefficient (Wildman–Crippen LogP) is 16.7. The summed E-state index contributed by atoms with van der Waals surface area (Å²) in [7, 11) is 0. The maximum atomic E-state index is 6.99. The van der Waals surface area contributed by atoms with Gasteiger partial charge in [-0.05, 0) is 94.0 Å². The van der Waals surface area contributed by atoms with E-state index in [1.54, 1.807) is 11.3 Å². The number of rotatable bonds is 4. The Hall–Kier alpha value is -8.45. The monoisotopic (exact) mass is 872 g/mol. The molecule has 0 unspecified atom stereocenters. The minimum atomic E-state index is 0.572. The number of hydrogen-bond acceptors (Lipinski definition) is 5. The topological polar surface area (TPSA) is 56.7 Å². The Morgan fingerprint density at radius 3 is 1.97 bits per heavy atom. The van der Waals surface area contributed by atoms with Gasteiger partial charge in [0.15, 0.2) is 17.5 Å². The van der Waals surface area contributed by atoms with Gasteiger partial charge in [-0.15, -0.1) is 11.3 Å². The molecule has 6 heteroatoms. The fourth-order valence-corrected chi connectivity index (χ4v) is 11.9. The molecule has 0 N–H and O–H groups in total.